The summed E-state index contributed by atoms with van der Waals surface area (Å²) < 4.78 is 38.7. The SMILES string of the molecule is CCOC(=O)c1c[nH]c2c(-c3c(OCC)ccc4c3OCO4)ncnc12.CCOc1ccc2c(c1-c1ncnc3c(C(=O)O)c[nH]c13)OCO2. The fourth-order valence-corrected chi connectivity index (χ4v) is 5.69. The molecule has 16 nitrogen and oxygen atoms in total. The zero-order chi connectivity index (χ0) is 34.8. The standard InChI is InChI=1S/C18H17N3O5.C16H13N3O5/c1-3-23-11-5-6-12-17(26-9-25-12)13(11)15-16-14(20-8-21-15)10(7-19-16)18(22)24-4-2;1-2-22-9-3-4-10-15(24-7-23-10)11(9)13-14-12(18-6-19-13)8(5-17-14)16(20)21/h5-8,19H,3-4,9H2,1-2H3;3-6,17H,2,7H2,1H3,(H,20,21). The molecule has 0 unspecified atom stereocenters. The van der Waals surface area contributed by atoms with Crippen molar-refractivity contribution in [2.75, 3.05) is 33.4 Å². The van der Waals surface area contributed by atoms with Gasteiger partial charge in [0, 0.05) is 12.4 Å². The smallest absolute Gasteiger partial charge is 0.341 e. The number of nitrogens with one attached hydrogen (secondary N) is 2. The summed E-state index contributed by atoms with van der Waals surface area (Å²) in [5.74, 6) is 1.98. The number of esters is 1. The normalized spacial score (nSPS) is 12.5. The molecule has 0 aliphatic carbocycles. The molecule has 0 amide bonds. The lowest BCUT2D eigenvalue weighted by Gasteiger charge is -2.12. The van der Waals surface area contributed by atoms with E-state index in [0.717, 1.165) is 0 Å². The van der Waals surface area contributed by atoms with E-state index in [2.05, 4.69) is 29.9 Å². The van der Waals surface area contributed by atoms with Crippen LogP contribution in [0.1, 0.15) is 41.5 Å². The number of hydrogen-bond donors (Lipinski definition) is 3. The van der Waals surface area contributed by atoms with Crippen molar-refractivity contribution in [2.24, 2.45) is 0 Å². The minimum Gasteiger partial charge on any atom is -0.493 e. The third kappa shape index (κ3) is 5.55. The number of nitrogens with zero attached hydrogens (tertiary/aromatic N) is 4. The second-order valence-corrected chi connectivity index (χ2v) is 10.5. The van der Waals surface area contributed by atoms with Crippen LogP contribution in [0.5, 0.6) is 34.5 Å². The van der Waals surface area contributed by atoms with Crippen molar-refractivity contribution in [2.45, 2.75) is 20.8 Å². The molecule has 2 aliphatic rings. The van der Waals surface area contributed by atoms with E-state index in [4.69, 9.17) is 33.2 Å². The van der Waals surface area contributed by atoms with E-state index < -0.39 is 11.9 Å². The average molecular weight is 683 g/mol. The van der Waals surface area contributed by atoms with Gasteiger partial charge in [0.15, 0.2) is 23.0 Å². The third-order valence-corrected chi connectivity index (χ3v) is 7.73. The summed E-state index contributed by atoms with van der Waals surface area (Å²) in [7, 11) is 0. The highest BCUT2D eigenvalue weighted by molar-refractivity contribution is 6.07. The van der Waals surface area contributed by atoms with E-state index in [-0.39, 0.29) is 25.8 Å². The molecule has 0 spiro atoms. The molecule has 50 heavy (non-hydrogen) atoms. The highest BCUT2D eigenvalue weighted by Gasteiger charge is 2.29. The Morgan fingerprint density at radius 3 is 1.68 bits per heavy atom. The largest absolute Gasteiger partial charge is 0.493 e. The number of aromatic amines is 2. The maximum atomic E-state index is 12.2. The Labute approximate surface area is 283 Å². The summed E-state index contributed by atoms with van der Waals surface area (Å²) in [6.07, 6.45) is 5.69. The lowest BCUT2D eigenvalue weighted by Crippen LogP contribution is -2.04. The topological polar surface area (TPSA) is 202 Å². The first-order chi connectivity index (χ1) is 24.4. The Balaban J connectivity index is 0.000000157. The first kappa shape index (κ1) is 32.0. The van der Waals surface area contributed by atoms with Gasteiger partial charge in [0.25, 0.3) is 0 Å². The molecule has 3 N–H and O–H groups in total. The maximum Gasteiger partial charge on any atom is 0.341 e. The van der Waals surface area contributed by atoms with Crippen LogP contribution in [0.3, 0.4) is 0 Å². The summed E-state index contributed by atoms with van der Waals surface area (Å²) in [4.78, 5) is 46.6. The van der Waals surface area contributed by atoms with Crippen LogP contribution < -0.4 is 28.4 Å². The second-order valence-electron chi connectivity index (χ2n) is 10.5. The van der Waals surface area contributed by atoms with Crippen molar-refractivity contribution in [1.29, 1.82) is 0 Å². The average Bonchev–Trinajstić information content (AvgIpc) is 3.94. The number of hydrogen-bond acceptors (Lipinski definition) is 13. The Morgan fingerprint density at radius 2 is 1.20 bits per heavy atom. The van der Waals surface area contributed by atoms with Crippen LogP contribution in [-0.4, -0.2) is 80.4 Å². The molecule has 8 rings (SSSR count). The molecule has 6 aromatic rings. The number of fused-ring (bicyclic) bond motifs is 4. The van der Waals surface area contributed by atoms with Crippen molar-refractivity contribution < 1.29 is 47.9 Å². The van der Waals surface area contributed by atoms with Crippen LogP contribution in [0.25, 0.3) is 44.6 Å². The zero-order valence-corrected chi connectivity index (χ0v) is 27.1. The third-order valence-electron chi connectivity index (χ3n) is 7.73. The van der Waals surface area contributed by atoms with Crippen molar-refractivity contribution in [1.82, 2.24) is 29.9 Å². The Bertz CT molecular complexity index is 2250. The predicted molar refractivity (Wildman–Crippen MR) is 176 cm³/mol. The number of aromatic nitrogens is 6. The predicted octanol–water partition coefficient (Wildman–Crippen LogP) is 5.38. The zero-order valence-electron chi connectivity index (χ0n) is 27.1. The van der Waals surface area contributed by atoms with Gasteiger partial charge in [0.2, 0.25) is 13.6 Å². The summed E-state index contributed by atoms with van der Waals surface area (Å²) in [6, 6.07) is 7.16. The van der Waals surface area contributed by atoms with Gasteiger partial charge in [0.1, 0.15) is 57.7 Å². The minimum absolute atomic E-state index is 0.0800. The molecule has 6 heterocycles. The molecule has 0 atom stereocenters. The van der Waals surface area contributed by atoms with Crippen LogP contribution in [-0.2, 0) is 4.74 Å². The number of aromatic carboxylic acids is 1. The number of rotatable bonds is 9. The highest BCUT2D eigenvalue weighted by atomic mass is 16.7. The van der Waals surface area contributed by atoms with Crippen LogP contribution in [0.4, 0.5) is 0 Å². The monoisotopic (exact) mass is 682 g/mol. The van der Waals surface area contributed by atoms with E-state index in [1.54, 1.807) is 31.3 Å². The van der Waals surface area contributed by atoms with Gasteiger partial charge in [-0.3, -0.25) is 0 Å². The van der Waals surface area contributed by atoms with Crippen molar-refractivity contribution in [3.05, 3.63) is 60.4 Å². The van der Waals surface area contributed by atoms with Crippen molar-refractivity contribution in [3.63, 3.8) is 0 Å². The number of carboxylic acid groups (broad SMARTS) is 1. The van der Waals surface area contributed by atoms with Crippen LogP contribution in [0.2, 0.25) is 0 Å². The lowest BCUT2D eigenvalue weighted by molar-refractivity contribution is 0.0528. The highest BCUT2D eigenvalue weighted by Crippen LogP contribution is 2.49. The molecule has 0 saturated heterocycles. The van der Waals surface area contributed by atoms with E-state index in [9.17, 15) is 14.7 Å². The Morgan fingerprint density at radius 1 is 0.700 bits per heavy atom. The Kier molecular flexibility index (Phi) is 8.64. The van der Waals surface area contributed by atoms with E-state index in [1.807, 2.05) is 19.9 Å². The van der Waals surface area contributed by atoms with E-state index >= 15 is 0 Å². The van der Waals surface area contributed by atoms with E-state index in [0.29, 0.717) is 97.9 Å². The molecule has 0 saturated carbocycles. The van der Waals surface area contributed by atoms with Crippen molar-refractivity contribution in [3.8, 4) is 57.0 Å². The number of H-pyrrole nitrogens is 2. The molecule has 2 aromatic carbocycles. The first-order valence-electron chi connectivity index (χ1n) is 15.6. The number of carbonyl (C=O) groups is 2. The molecular formula is C34H30N6O10. The minimum atomic E-state index is -1.06. The van der Waals surface area contributed by atoms with Gasteiger partial charge in [-0.05, 0) is 45.0 Å². The van der Waals surface area contributed by atoms with Gasteiger partial charge in [-0.1, -0.05) is 0 Å². The van der Waals surface area contributed by atoms with Gasteiger partial charge in [-0.15, -0.1) is 0 Å². The van der Waals surface area contributed by atoms with Gasteiger partial charge in [-0.25, -0.2) is 29.5 Å². The molecule has 4 aromatic heterocycles. The number of ether oxygens (including phenoxy) is 7. The number of carbonyl (C=O) groups excluding carboxylic acids is 1. The van der Waals surface area contributed by atoms with Gasteiger partial charge in [0.05, 0.1) is 42.0 Å². The van der Waals surface area contributed by atoms with Gasteiger partial charge in [-0.2, -0.15) is 0 Å². The summed E-state index contributed by atoms with van der Waals surface area (Å²) in [6.45, 7) is 7.01. The first-order valence-corrected chi connectivity index (χ1v) is 15.6. The molecule has 16 heteroatoms. The fourth-order valence-electron chi connectivity index (χ4n) is 5.69. The number of benzene rings is 2. The quantitative estimate of drug-likeness (QED) is 0.164. The molecule has 0 radical (unpaired) electrons. The molecule has 0 fully saturated rings. The second kappa shape index (κ2) is 13.5. The maximum absolute atomic E-state index is 12.2. The summed E-state index contributed by atoms with van der Waals surface area (Å²) in [5.41, 5.74) is 4.67. The molecular weight excluding hydrogens is 652 g/mol. The Hall–Kier alpha value is -6.58. The van der Waals surface area contributed by atoms with E-state index in [1.165, 1.54) is 18.9 Å². The molecule has 2 aliphatic heterocycles. The van der Waals surface area contributed by atoms with Crippen LogP contribution in [0.15, 0.2) is 49.3 Å². The number of carboxylic acids is 1. The van der Waals surface area contributed by atoms with Crippen LogP contribution >= 0.6 is 0 Å². The van der Waals surface area contributed by atoms with Crippen molar-refractivity contribution >= 4 is 34.0 Å². The van der Waals surface area contributed by atoms with Gasteiger partial charge < -0.3 is 48.2 Å². The summed E-state index contributed by atoms with van der Waals surface area (Å²) >= 11 is 0. The molecule has 0 bridgehead atoms. The van der Waals surface area contributed by atoms with Crippen LogP contribution in [0, 0.1) is 0 Å². The fraction of sp³-hybridized carbons (Fsp3) is 0.235. The lowest BCUT2D eigenvalue weighted by atomic mass is 10.1. The molecule has 256 valence electrons. The summed E-state index contributed by atoms with van der Waals surface area (Å²) in [5, 5.41) is 9.28. The van der Waals surface area contributed by atoms with Gasteiger partial charge >= 0.3 is 11.9 Å².